The van der Waals surface area contributed by atoms with Crippen LogP contribution in [-0.4, -0.2) is 52.1 Å². The summed E-state index contributed by atoms with van der Waals surface area (Å²) in [6, 6.07) is 14.5. The number of benzene rings is 2. The van der Waals surface area contributed by atoms with Gasteiger partial charge in [0.2, 0.25) is 11.4 Å². The Bertz CT molecular complexity index is 1650. The van der Waals surface area contributed by atoms with Crippen LogP contribution in [-0.2, 0) is 26.9 Å². The number of nitrogens with zero attached hydrogens (tertiary/aromatic N) is 4. The molecule has 1 aliphatic carbocycles. The minimum atomic E-state index is -0.630. The van der Waals surface area contributed by atoms with E-state index in [9.17, 15) is 9.59 Å². The van der Waals surface area contributed by atoms with Gasteiger partial charge in [0.1, 0.15) is 17.8 Å². The molecule has 1 amide bonds. The average molecular weight is 589 g/mol. The Morgan fingerprint density at radius 3 is 2.60 bits per heavy atom. The van der Waals surface area contributed by atoms with Gasteiger partial charge in [-0.25, -0.2) is 19.7 Å². The lowest BCUT2D eigenvalue weighted by atomic mass is 9.90. The van der Waals surface area contributed by atoms with Crippen LogP contribution in [0.4, 0.5) is 11.6 Å². The van der Waals surface area contributed by atoms with Gasteiger partial charge in [0.05, 0.1) is 19.6 Å². The predicted molar refractivity (Wildman–Crippen MR) is 161 cm³/mol. The molecule has 2 aromatic carbocycles. The number of aryl methyl sites for hydroxylation is 2. The summed E-state index contributed by atoms with van der Waals surface area (Å²) in [4.78, 5) is 44.6. The number of hydrogen-bond acceptors (Lipinski definition) is 10. The van der Waals surface area contributed by atoms with Crippen molar-refractivity contribution in [1.29, 1.82) is 0 Å². The van der Waals surface area contributed by atoms with E-state index in [2.05, 4.69) is 49.2 Å². The van der Waals surface area contributed by atoms with Crippen molar-refractivity contribution < 1.29 is 18.9 Å². The van der Waals surface area contributed by atoms with Crippen LogP contribution in [0.25, 0.3) is 16.7 Å². The van der Waals surface area contributed by atoms with E-state index in [0.717, 1.165) is 56.6 Å². The van der Waals surface area contributed by atoms with Crippen molar-refractivity contribution in [2.45, 2.75) is 38.0 Å². The van der Waals surface area contributed by atoms with Crippen molar-refractivity contribution in [1.82, 2.24) is 24.3 Å². The molecule has 3 heterocycles. The molecule has 1 saturated heterocycles. The SMILES string of the molecule is CONC(=O)c1cn(-c2ccc3c(c2)CCC3)c2nc(Nc3ccc(C4CCN(SOOC)CC4)cc3)ncc2c1=O. The number of amides is 1. The summed E-state index contributed by atoms with van der Waals surface area (Å²) in [7, 11) is 2.83. The van der Waals surface area contributed by atoms with E-state index in [1.54, 1.807) is 4.57 Å². The highest BCUT2D eigenvalue weighted by Gasteiger charge is 2.22. The first-order valence-corrected chi connectivity index (χ1v) is 14.6. The maximum absolute atomic E-state index is 13.3. The molecule has 0 atom stereocenters. The Kier molecular flexibility index (Phi) is 8.49. The molecule has 1 fully saturated rings. The maximum atomic E-state index is 13.3. The number of rotatable bonds is 9. The Balaban J connectivity index is 1.28. The fourth-order valence-corrected chi connectivity index (χ4v) is 6.20. The zero-order valence-electron chi connectivity index (χ0n) is 23.5. The smallest absolute Gasteiger partial charge is 0.280 e. The van der Waals surface area contributed by atoms with Crippen LogP contribution < -0.4 is 16.2 Å². The lowest BCUT2D eigenvalue weighted by molar-refractivity contribution is -0.163. The molecule has 2 aromatic heterocycles. The van der Waals surface area contributed by atoms with Gasteiger partial charge in [0, 0.05) is 36.9 Å². The van der Waals surface area contributed by atoms with E-state index >= 15 is 0 Å². The molecule has 12 heteroatoms. The third-order valence-corrected chi connectivity index (χ3v) is 8.61. The first kappa shape index (κ1) is 28.3. The zero-order valence-corrected chi connectivity index (χ0v) is 24.3. The monoisotopic (exact) mass is 588 g/mol. The van der Waals surface area contributed by atoms with Crippen molar-refractivity contribution in [2.75, 3.05) is 32.6 Å². The normalized spacial score (nSPS) is 15.6. The predicted octanol–water partition coefficient (Wildman–Crippen LogP) is 4.62. The molecule has 2 N–H and O–H groups in total. The highest BCUT2D eigenvalue weighted by atomic mass is 32.2. The second kappa shape index (κ2) is 12.6. The number of pyridine rings is 1. The van der Waals surface area contributed by atoms with Crippen molar-refractivity contribution in [2.24, 2.45) is 0 Å². The van der Waals surface area contributed by atoms with Gasteiger partial charge in [-0.3, -0.25) is 14.4 Å². The molecule has 0 bridgehead atoms. The zero-order chi connectivity index (χ0) is 29.1. The molecule has 6 rings (SSSR count). The fourth-order valence-electron chi connectivity index (χ4n) is 5.69. The van der Waals surface area contributed by atoms with Crippen LogP contribution in [0.3, 0.4) is 0 Å². The number of anilines is 2. The highest BCUT2D eigenvalue weighted by Crippen LogP contribution is 2.32. The quantitative estimate of drug-likeness (QED) is 0.124. The fraction of sp³-hybridized carbons (Fsp3) is 0.333. The van der Waals surface area contributed by atoms with Crippen LogP contribution in [0.15, 0.2) is 59.7 Å². The number of hydroxylamine groups is 1. The minimum Gasteiger partial charge on any atom is -0.324 e. The summed E-state index contributed by atoms with van der Waals surface area (Å²) in [5.41, 5.74) is 7.66. The van der Waals surface area contributed by atoms with E-state index in [0.29, 0.717) is 17.5 Å². The Morgan fingerprint density at radius 1 is 1.05 bits per heavy atom. The van der Waals surface area contributed by atoms with E-state index in [4.69, 9.17) is 14.2 Å². The first-order valence-electron chi connectivity index (χ1n) is 13.9. The van der Waals surface area contributed by atoms with Gasteiger partial charge in [-0.1, -0.05) is 18.2 Å². The number of nitrogens with one attached hydrogen (secondary N) is 2. The van der Waals surface area contributed by atoms with Gasteiger partial charge in [-0.15, -0.1) is 4.33 Å². The molecule has 42 heavy (non-hydrogen) atoms. The van der Waals surface area contributed by atoms with Gasteiger partial charge in [0.15, 0.2) is 5.65 Å². The van der Waals surface area contributed by atoms with Crippen LogP contribution in [0.5, 0.6) is 0 Å². The molecule has 11 nitrogen and oxygen atoms in total. The van der Waals surface area contributed by atoms with Crippen LogP contribution in [0, 0.1) is 0 Å². The second-order valence-corrected chi connectivity index (χ2v) is 11.2. The van der Waals surface area contributed by atoms with E-state index in [1.807, 2.05) is 18.2 Å². The molecular formula is C30H32N6O5S. The number of aromatic nitrogens is 3. The molecule has 0 unspecified atom stereocenters. The molecule has 0 saturated carbocycles. The van der Waals surface area contributed by atoms with Gasteiger partial charge in [-0.05, 0) is 79.0 Å². The number of carbonyl (C=O) groups is 1. The summed E-state index contributed by atoms with van der Waals surface area (Å²) < 4.78 is 8.91. The number of hydrogen-bond donors (Lipinski definition) is 2. The van der Waals surface area contributed by atoms with Gasteiger partial charge < -0.3 is 9.88 Å². The summed E-state index contributed by atoms with van der Waals surface area (Å²) in [5.74, 6) is 0.193. The van der Waals surface area contributed by atoms with Crippen LogP contribution >= 0.6 is 12.2 Å². The van der Waals surface area contributed by atoms with Crippen molar-refractivity contribution in [3.8, 4) is 5.69 Å². The molecule has 0 spiro atoms. The first-order chi connectivity index (χ1) is 20.5. The Hall–Kier alpha value is -3.81. The number of piperidine rings is 1. The summed E-state index contributed by atoms with van der Waals surface area (Å²) >= 11 is 1.25. The number of fused-ring (bicyclic) bond motifs is 2. The second-order valence-electron chi connectivity index (χ2n) is 10.4. The summed E-state index contributed by atoms with van der Waals surface area (Å²) in [6.07, 6.45) is 8.22. The lowest BCUT2D eigenvalue weighted by Crippen LogP contribution is -2.29. The van der Waals surface area contributed by atoms with Crippen molar-refractivity contribution in [3.63, 3.8) is 0 Å². The standard InChI is InChI=1S/C30H32N6O5S/c1-39-34-29(38)26-18-36(24-11-8-19-4-3-5-22(19)16-24)28-25(27(26)37)17-31-30(33-28)32-23-9-6-20(7-10-23)21-12-14-35(15-13-21)42-41-40-2/h6-11,16-18,21H,3-5,12-15H2,1-2H3,(H,34,38)(H,31,32,33). The average Bonchev–Trinajstić information content (AvgIpc) is 3.49. The summed E-state index contributed by atoms with van der Waals surface area (Å²) in [5, 5.41) is 3.51. The molecule has 1 aliphatic heterocycles. The third kappa shape index (κ3) is 5.90. The highest BCUT2D eigenvalue weighted by molar-refractivity contribution is 7.92. The topological polar surface area (TPSA) is 120 Å². The largest absolute Gasteiger partial charge is 0.324 e. The van der Waals surface area contributed by atoms with Gasteiger partial charge in [0.25, 0.3) is 5.91 Å². The minimum absolute atomic E-state index is 0.0552. The molecule has 4 aromatic rings. The van der Waals surface area contributed by atoms with Crippen molar-refractivity contribution >= 4 is 40.8 Å². The van der Waals surface area contributed by atoms with Crippen LogP contribution in [0.2, 0.25) is 0 Å². The molecule has 2 aliphatic rings. The van der Waals surface area contributed by atoms with E-state index < -0.39 is 11.3 Å². The maximum Gasteiger partial charge on any atom is 0.280 e. The van der Waals surface area contributed by atoms with Crippen molar-refractivity contribution in [3.05, 3.63) is 87.3 Å². The lowest BCUT2D eigenvalue weighted by Gasteiger charge is -2.29. The molecule has 0 radical (unpaired) electrons. The van der Waals surface area contributed by atoms with E-state index in [1.165, 1.54) is 55.5 Å². The summed E-state index contributed by atoms with van der Waals surface area (Å²) in [6.45, 7) is 1.84. The third-order valence-electron chi connectivity index (χ3n) is 7.84. The van der Waals surface area contributed by atoms with Gasteiger partial charge >= 0.3 is 0 Å². The Morgan fingerprint density at radius 2 is 1.83 bits per heavy atom. The van der Waals surface area contributed by atoms with E-state index in [-0.39, 0.29) is 10.9 Å². The molecule has 218 valence electrons. The number of carbonyl (C=O) groups excluding carboxylic acids is 1. The molecular weight excluding hydrogens is 556 g/mol. The van der Waals surface area contributed by atoms with Crippen LogP contribution in [0.1, 0.15) is 52.2 Å². The van der Waals surface area contributed by atoms with Gasteiger partial charge in [-0.2, -0.15) is 4.98 Å². The Labute approximate surface area is 247 Å².